The molecular formula is C30H33NO3S. The Morgan fingerprint density at radius 2 is 1.74 bits per heavy atom. The van der Waals surface area contributed by atoms with Crippen molar-refractivity contribution in [2.24, 2.45) is 0 Å². The summed E-state index contributed by atoms with van der Waals surface area (Å²) in [6.07, 6.45) is 9.64. The lowest BCUT2D eigenvalue weighted by atomic mass is 9.93. The van der Waals surface area contributed by atoms with Gasteiger partial charge in [0.05, 0.1) is 0 Å². The summed E-state index contributed by atoms with van der Waals surface area (Å²) in [5, 5.41) is 12.3. The number of carboxylic acids is 1. The van der Waals surface area contributed by atoms with Gasteiger partial charge in [-0.3, -0.25) is 4.79 Å². The summed E-state index contributed by atoms with van der Waals surface area (Å²) < 4.78 is 0. The first-order chi connectivity index (χ1) is 17.0. The van der Waals surface area contributed by atoms with Crippen molar-refractivity contribution in [3.05, 3.63) is 101 Å². The van der Waals surface area contributed by atoms with Gasteiger partial charge in [0.1, 0.15) is 6.04 Å². The number of carbonyl (C=O) groups is 2. The lowest BCUT2D eigenvalue weighted by Crippen LogP contribution is -2.41. The molecule has 35 heavy (non-hydrogen) atoms. The monoisotopic (exact) mass is 487 g/mol. The zero-order chi connectivity index (χ0) is 25.0. The zero-order valence-electron chi connectivity index (χ0n) is 20.4. The molecule has 3 aromatic carbocycles. The average Bonchev–Trinajstić information content (AvgIpc) is 2.87. The molecule has 182 valence electrons. The molecule has 0 aliphatic heterocycles. The van der Waals surface area contributed by atoms with Crippen LogP contribution in [0.3, 0.4) is 0 Å². The Balaban J connectivity index is 1.80. The van der Waals surface area contributed by atoms with Crippen molar-refractivity contribution in [3.8, 4) is 11.1 Å². The van der Waals surface area contributed by atoms with E-state index in [0.29, 0.717) is 17.7 Å². The van der Waals surface area contributed by atoms with Gasteiger partial charge in [-0.1, -0.05) is 72.8 Å². The zero-order valence-corrected chi connectivity index (χ0v) is 21.2. The summed E-state index contributed by atoms with van der Waals surface area (Å²) in [6.45, 7) is 2.02. The normalized spacial score (nSPS) is 11.9. The Labute approximate surface area is 212 Å². The number of thioether (sulfide) groups is 1. The fourth-order valence-electron chi connectivity index (χ4n) is 3.98. The van der Waals surface area contributed by atoms with Crippen molar-refractivity contribution in [2.45, 2.75) is 38.6 Å². The number of amides is 1. The molecule has 0 saturated carbocycles. The molecular weight excluding hydrogens is 454 g/mol. The predicted molar refractivity (Wildman–Crippen MR) is 147 cm³/mol. The van der Waals surface area contributed by atoms with Gasteiger partial charge in [0, 0.05) is 5.56 Å². The minimum Gasteiger partial charge on any atom is -0.480 e. The third kappa shape index (κ3) is 7.86. The SMILES string of the molecule is CSCCC(NC(=O)c1ccc(/C=C/CCCc2ccccc2)cc1-c1ccccc1C)C(=O)O. The van der Waals surface area contributed by atoms with Crippen LogP contribution in [0.4, 0.5) is 0 Å². The van der Waals surface area contributed by atoms with Crippen molar-refractivity contribution in [2.75, 3.05) is 12.0 Å². The molecule has 3 rings (SSSR count). The summed E-state index contributed by atoms with van der Waals surface area (Å²) >= 11 is 1.56. The summed E-state index contributed by atoms with van der Waals surface area (Å²) in [5.74, 6) is -0.717. The van der Waals surface area contributed by atoms with E-state index in [-0.39, 0.29) is 5.91 Å². The van der Waals surface area contributed by atoms with Crippen LogP contribution in [0.25, 0.3) is 17.2 Å². The summed E-state index contributed by atoms with van der Waals surface area (Å²) in [7, 11) is 0. The summed E-state index contributed by atoms with van der Waals surface area (Å²) in [4.78, 5) is 24.8. The van der Waals surface area contributed by atoms with Gasteiger partial charge in [0.15, 0.2) is 0 Å². The highest BCUT2D eigenvalue weighted by Gasteiger charge is 2.22. The first kappa shape index (κ1) is 26.3. The molecule has 1 atom stereocenters. The van der Waals surface area contributed by atoms with Crippen LogP contribution in [0.15, 0.2) is 78.9 Å². The Kier molecular flexibility index (Phi) is 10.2. The molecule has 4 nitrogen and oxygen atoms in total. The number of nitrogens with one attached hydrogen (secondary N) is 1. The second-order valence-corrected chi connectivity index (χ2v) is 9.53. The molecule has 0 spiro atoms. The Hall–Kier alpha value is -3.31. The number of aryl methyl sites for hydroxylation is 2. The van der Waals surface area contributed by atoms with Crippen LogP contribution < -0.4 is 5.32 Å². The molecule has 1 amide bonds. The van der Waals surface area contributed by atoms with Crippen molar-refractivity contribution in [3.63, 3.8) is 0 Å². The van der Waals surface area contributed by atoms with Gasteiger partial charge >= 0.3 is 5.97 Å². The van der Waals surface area contributed by atoms with Crippen molar-refractivity contribution in [1.29, 1.82) is 0 Å². The van der Waals surface area contributed by atoms with Gasteiger partial charge in [0.2, 0.25) is 0 Å². The standard InChI is InChI=1S/C30H33NO3S/c1-22-11-9-10-16-25(22)27-21-24(15-8-4-7-14-23-12-5-3-6-13-23)17-18-26(27)29(32)31-28(30(33)34)19-20-35-2/h3,5-6,8-13,15-18,21,28H,4,7,14,19-20H2,1-2H3,(H,31,32)(H,33,34)/b15-8+. The van der Waals surface area contributed by atoms with Crippen LogP contribution in [0.1, 0.15) is 46.3 Å². The number of rotatable bonds is 12. The fourth-order valence-corrected chi connectivity index (χ4v) is 4.45. The number of hydrogen-bond acceptors (Lipinski definition) is 3. The van der Waals surface area contributed by atoms with Gasteiger partial charge in [-0.15, -0.1) is 0 Å². The van der Waals surface area contributed by atoms with E-state index in [4.69, 9.17) is 0 Å². The van der Waals surface area contributed by atoms with E-state index in [1.165, 1.54) is 5.56 Å². The van der Waals surface area contributed by atoms with Crippen molar-refractivity contribution in [1.82, 2.24) is 5.32 Å². The van der Waals surface area contributed by atoms with Crippen molar-refractivity contribution < 1.29 is 14.7 Å². The van der Waals surface area contributed by atoms with Gasteiger partial charge < -0.3 is 10.4 Å². The maximum atomic E-state index is 13.2. The van der Waals surface area contributed by atoms with Gasteiger partial charge in [-0.05, 0) is 84.6 Å². The number of aliphatic carboxylic acids is 1. The highest BCUT2D eigenvalue weighted by atomic mass is 32.2. The van der Waals surface area contributed by atoms with Crippen LogP contribution in [0, 0.1) is 6.92 Å². The quantitative estimate of drug-likeness (QED) is 0.281. The van der Waals surface area contributed by atoms with E-state index in [9.17, 15) is 14.7 Å². The molecule has 3 aromatic rings. The maximum Gasteiger partial charge on any atom is 0.326 e. The Bertz CT molecular complexity index is 1160. The minimum absolute atomic E-state index is 0.366. The van der Waals surface area contributed by atoms with Crippen LogP contribution in [-0.2, 0) is 11.2 Å². The minimum atomic E-state index is -1.01. The molecule has 0 aliphatic carbocycles. The molecule has 0 heterocycles. The largest absolute Gasteiger partial charge is 0.480 e. The first-order valence-electron chi connectivity index (χ1n) is 11.9. The molecule has 0 saturated heterocycles. The molecule has 2 N–H and O–H groups in total. The maximum absolute atomic E-state index is 13.2. The van der Waals surface area contributed by atoms with E-state index < -0.39 is 12.0 Å². The third-order valence-corrected chi connectivity index (χ3v) is 6.57. The first-order valence-corrected chi connectivity index (χ1v) is 13.3. The number of hydrogen-bond donors (Lipinski definition) is 2. The van der Waals surface area contributed by atoms with E-state index in [1.54, 1.807) is 17.8 Å². The van der Waals surface area contributed by atoms with E-state index >= 15 is 0 Å². The lowest BCUT2D eigenvalue weighted by molar-refractivity contribution is -0.139. The number of carbonyl (C=O) groups excluding carboxylic acids is 1. The van der Waals surface area contributed by atoms with Crippen LogP contribution in [0.2, 0.25) is 0 Å². The Morgan fingerprint density at radius 1 is 1.00 bits per heavy atom. The van der Waals surface area contributed by atoms with Crippen LogP contribution >= 0.6 is 11.8 Å². The second-order valence-electron chi connectivity index (χ2n) is 8.55. The molecule has 0 aromatic heterocycles. The average molecular weight is 488 g/mol. The molecule has 0 radical (unpaired) electrons. The van der Waals surface area contributed by atoms with Crippen LogP contribution in [0.5, 0.6) is 0 Å². The molecule has 0 bridgehead atoms. The predicted octanol–water partition coefficient (Wildman–Crippen LogP) is 6.63. The van der Waals surface area contributed by atoms with Crippen LogP contribution in [-0.4, -0.2) is 35.0 Å². The Morgan fingerprint density at radius 3 is 2.46 bits per heavy atom. The van der Waals surface area contributed by atoms with E-state index in [1.807, 2.05) is 55.6 Å². The van der Waals surface area contributed by atoms with E-state index in [2.05, 4.69) is 41.7 Å². The third-order valence-electron chi connectivity index (χ3n) is 5.93. The summed E-state index contributed by atoms with van der Waals surface area (Å²) in [5.41, 5.74) is 5.67. The van der Waals surface area contributed by atoms with Gasteiger partial charge in [-0.2, -0.15) is 11.8 Å². The molecule has 5 heteroatoms. The number of benzene rings is 3. The molecule has 1 unspecified atom stereocenters. The molecule has 0 fully saturated rings. The van der Waals surface area contributed by atoms with Gasteiger partial charge in [0.25, 0.3) is 5.91 Å². The lowest BCUT2D eigenvalue weighted by Gasteiger charge is -2.17. The number of allylic oxidation sites excluding steroid dienone is 1. The topological polar surface area (TPSA) is 66.4 Å². The summed E-state index contributed by atoms with van der Waals surface area (Å²) in [6, 6.07) is 23.2. The van der Waals surface area contributed by atoms with E-state index in [0.717, 1.165) is 41.5 Å². The number of carboxylic acid groups (broad SMARTS) is 1. The fraction of sp³-hybridized carbons (Fsp3) is 0.267. The second kappa shape index (κ2) is 13.5. The smallest absolute Gasteiger partial charge is 0.326 e. The number of unbranched alkanes of at least 4 members (excludes halogenated alkanes) is 1. The van der Waals surface area contributed by atoms with Gasteiger partial charge in [-0.25, -0.2) is 4.79 Å². The molecule has 0 aliphatic rings. The highest BCUT2D eigenvalue weighted by Crippen LogP contribution is 2.29. The highest BCUT2D eigenvalue weighted by molar-refractivity contribution is 7.98. The van der Waals surface area contributed by atoms with Crippen molar-refractivity contribution >= 4 is 29.7 Å².